The molecule has 0 fully saturated rings. The number of aromatic nitrogens is 2. The van der Waals surface area contributed by atoms with E-state index in [0.717, 1.165) is 27.7 Å². The topological polar surface area (TPSA) is 80.2 Å². The Kier molecular flexibility index (Phi) is 5.61. The van der Waals surface area contributed by atoms with Gasteiger partial charge in [-0.1, -0.05) is 41.7 Å². The summed E-state index contributed by atoms with van der Waals surface area (Å²) in [6, 6.07) is 19.7. The summed E-state index contributed by atoms with van der Waals surface area (Å²) in [5.41, 5.74) is 2.34. The molecule has 30 heavy (non-hydrogen) atoms. The van der Waals surface area contributed by atoms with E-state index in [9.17, 15) is 13.2 Å². The molecule has 0 spiro atoms. The number of thiazole rings is 1. The van der Waals surface area contributed by atoms with E-state index in [1.165, 1.54) is 23.5 Å². The predicted octanol–water partition coefficient (Wildman–Crippen LogP) is 3.87. The first kappa shape index (κ1) is 20.2. The molecule has 0 bridgehead atoms. The van der Waals surface area contributed by atoms with Crippen LogP contribution in [0.3, 0.4) is 0 Å². The number of rotatable bonds is 6. The van der Waals surface area contributed by atoms with Crippen LogP contribution in [0, 0.1) is 0 Å². The van der Waals surface area contributed by atoms with Crippen LogP contribution < -0.4 is 4.90 Å². The lowest BCUT2D eigenvalue weighted by molar-refractivity contribution is -0.118. The van der Waals surface area contributed by atoms with Gasteiger partial charge in [0, 0.05) is 12.5 Å². The first-order valence-corrected chi connectivity index (χ1v) is 12.0. The van der Waals surface area contributed by atoms with Gasteiger partial charge in [-0.15, -0.1) is 0 Å². The van der Waals surface area contributed by atoms with Gasteiger partial charge in [0.1, 0.15) is 0 Å². The number of carbonyl (C=O) groups excluding carboxylic acids is 1. The number of pyridine rings is 1. The van der Waals surface area contributed by atoms with Crippen LogP contribution in [0.4, 0.5) is 5.13 Å². The third-order valence-corrected chi connectivity index (χ3v) is 6.76. The predicted molar refractivity (Wildman–Crippen MR) is 118 cm³/mol. The molecule has 0 N–H and O–H groups in total. The van der Waals surface area contributed by atoms with E-state index in [1.54, 1.807) is 23.2 Å². The molecule has 6 nitrogen and oxygen atoms in total. The average molecular weight is 438 g/mol. The molecular formula is C22H19N3O3S2. The lowest BCUT2D eigenvalue weighted by atomic mass is 10.1. The summed E-state index contributed by atoms with van der Waals surface area (Å²) in [5, 5.41) is 0.611. The minimum atomic E-state index is -3.27. The van der Waals surface area contributed by atoms with E-state index in [0.29, 0.717) is 11.7 Å². The second kappa shape index (κ2) is 8.33. The molecule has 4 aromatic rings. The second-order valence-electron chi connectivity index (χ2n) is 6.86. The summed E-state index contributed by atoms with van der Waals surface area (Å²) in [5.74, 6) is -0.133. The molecule has 0 saturated heterocycles. The van der Waals surface area contributed by atoms with Crippen molar-refractivity contribution in [2.24, 2.45) is 0 Å². The highest BCUT2D eigenvalue weighted by molar-refractivity contribution is 7.90. The molecule has 4 rings (SSSR count). The third-order valence-electron chi connectivity index (χ3n) is 4.57. The quantitative estimate of drug-likeness (QED) is 0.457. The molecule has 0 aliphatic carbocycles. The summed E-state index contributed by atoms with van der Waals surface area (Å²) < 4.78 is 24.3. The molecule has 0 unspecified atom stereocenters. The third kappa shape index (κ3) is 4.55. The Morgan fingerprint density at radius 2 is 1.73 bits per heavy atom. The number of hydrogen-bond donors (Lipinski definition) is 0. The van der Waals surface area contributed by atoms with Crippen molar-refractivity contribution in [3.8, 4) is 0 Å². The fraction of sp³-hybridized carbons (Fsp3) is 0.136. The summed E-state index contributed by atoms with van der Waals surface area (Å²) in [6.45, 7) is 0.306. The van der Waals surface area contributed by atoms with Crippen LogP contribution in [0.1, 0.15) is 11.3 Å². The standard InChI is InChI=1S/C22H19N3O3S2/c1-30(27,28)18-11-9-16(10-12-18)14-21(26)25(15-17-6-4-5-13-23-17)22-24-19-7-2-3-8-20(19)29-22/h2-13H,14-15H2,1H3. The van der Waals surface area contributed by atoms with Crippen molar-refractivity contribution in [2.45, 2.75) is 17.9 Å². The van der Waals surface area contributed by atoms with Gasteiger partial charge < -0.3 is 0 Å². The van der Waals surface area contributed by atoms with Gasteiger partial charge in [0.2, 0.25) is 5.91 Å². The van der Waals surface area contributed by atoms with Gasteiger partial charge in [-0.3, -0.25) is 14.7 Å². The highest BCUT2D eigenvalue weighted by atomic mass is 32.2. The van der Waals surface area contributed by atoms with E-state index < -0.39 is 9.84 Å². The monoisotopic (exact) mass is 437 g/mol. The number of amides is 1. The molecule has 2 aromatic heterocycles. The van der Waals surface area contributed by atoms with Crippen LogP contribution in [0.2, 0.25) is 0 Å². The summed E-state index contributed by atoms with van der Waals surface area (Å²) in [6.07, 6.45) is 2.99. The second-order valence-corrected chi connectivity index (χ2v) is 9.88. The zero-order chi connectivity index (χ0) is 21.1. The van der Waals surface area contributed by atoms with Gasteiger partial charge in [-0.25, -0.2) is 13.4 Å². The molecule has 2 heterocycles. The fourth-order valence-corrected chi connectivity index (χ4v) is 4.63. The van der Waals surface area contributed by atoms with Gasteiger partial charge in [-0.05, 0) is 42.0 Å². The Hall–Kier alpha value is -3.10. The average Bonchev–Trinajstić information content (AvgIpc) is 3.16. The van der Waals surface area contributed by atoms with Crippen molar-refractivity contribution < 1.29 is 13.2 Å². The number of hydrogen-bond acceptors (Lipinski definition) is 6. The molecule has 2 aromatic carbocycles. The summed E-state index contributed by atoms with van der Waals surface area (Å²) in [7, 11) is -3.27. The maximum Gasteiger partial charge on any atom is 0.233 e. The number of carbonyl (C=O) groups is 1. The lowest BCUT2D eigenvalue weighted by Crippen LogP contribution is -2.32. The smallest absolute Gasteiger partial charge is 0.233 e. The number of nitrogens with zero attached hydrogens (tertiary/aromatic N) is 3. The van der Waals surface area contributed by atoms with Gasteiger partial charge >= 0.3 is 0 Å². The highest BCUT2D eigenvalue weighted by Gasteiger charge is 2.21. The van der Waals surface area contributed by atoms with Crippen molar-refractivity contribution in [3.05, 3.63) is 84.2 Å². The molecule has 1 amide bonds. The molecule has 152 valence electrons. The first-order chi connectivity index (χ1) is 14.4. The number of benzene rings is 2. The zero-order valence-corrected chi connectivity index (χ0v) is 17.9. The van der Waals surface area contributed by atoms with Gasteiger partial charge in [0.15, 0.2) is 15.0 Å². The van der Waals surface area contributed by atoms with Crippen molar-refractivity contribution in [3.63, 3.8) is 0 Å². The van der Waals surface area contributed by atoms with E-state index in [4.69, 9.17) is 0 Å². The Balaban J connectivity index is 1.63. The van der Waals surface area contributed by atoms with Crippen LogP contribution in [-0.4, -0.2) is 30.5 Å². The molecular weight excluding hydrogens is 418 g/mol. The van der Waals surface area contributed by atoms with E-state index in [2.05, 4.69) is 9.97 Å². The lowest BCUT2D eigenvalue weighted by Gasteiger charge is -2.19. The minimum Gasteiger partial charge on any atom is -0.282 e. The van der Waals surface area contributed by atoms with E-state index in [-0.39, 0.29) is 17.2 Å². The normalized spacial score (nSPS) is 11.5. The molecule has 0 atom stereocenters. The minimum absolute atomic E-state index is 0.132. The Bertz CT molecular complexity index is 1250. The zero-order valence-electron chi connectivity index (χ0n) is 16.2. The molecule has 0 aliphatic rings. The molecule has 0 radical (unpaired) electrons. The number of para-hydroxylation sites is 1. The fourth-order valence-electron chi connectivity index (χ4n) is 3.02. The van der Waals surface area contributed by atoms with Gasteiger partial charge in [0.25, 0.3) is 0 Å². The Labute approximate surface area is 178 Å². The summed E-state index contributed by atoms with van der Waals surface area (Å²) >= 11 is 1.46. The van der Waals surface area contributed by atoms with Crippen LogP contribution >= 0.6 is 11.3 Å². The molecule has 0 aliphatic heterocycles. The van der Waals surface area contributed by atoms with Crippen molar-refractivity contribution in [1.82, 2.24) is 9.97 Å². The molecule has 8 heteroatoms. The van der Waals surface area contributed by atoms with E-state index in [1.807, 2.05) is 42.5 Å². The van der Waals surface area contributed by atoms with Gasteiger partial charge in [-0.2, -0.15) is 0 Å². The Morgan fingerprint density at radius 1 is 1.00 bits per heavy atom. The summed E-state index contributed by atoms with van der Waals surface area (Å²) in [4.78, 5) is 24.1. The number of fused-ring (bicyclic) bond motifs is 1. The maximum absolute atomic E-state index is 13.2. The van der Waals surface area contributed by atoms with Crippen molar-refractivity contribution in [2.75, 3.05) is 11.2 Å². The van der Waals surface area contributed by atoms with Crippen LogP contribution in [-0.2, 0) is 27.6 Å². The van der Waals surface area contributed by atoms with Crippen LogP contribution in [0.25, 0.3) is 10.2 Å². The van der Waals surface area contributed by atoms with E-state index >= 15 is 0 Å². The largest absolute Gasteiger partial charge is 0.282 e. The molecule has 0 saturated carbocycles. The highest BCUT2D eigenvalue weighted by Crippen LogP contribution is 2.30. The van der Waals surface area contributed by atoms with Gasteiger partial charge in [0.05, 0.1) is 33.8 Å². The first-order valence-electron chi connectivity index (χ1n) is 9.25. The maximum atomic E-state index is 13.2. The Morgan fingerprint density at radius 3 is 2.40 bits per heavy atom. The van der Waals surface area contributed by atoms with Crippen molar-refractivity contribution >= 4 is 42.4 Å². The van der Waals surface area contributed by atoms with Crippen LogP contribution in [0.15, 0.2) is 77.8 Å². The van der Waals surface area contributed by atoms with Crippen LogP contribution in [0.5, 0.6) is 0 Å². The SMILES string of the molecule is CS(=O)(=O)c1ccc(CC(=O)N(Cc2ccccn2)c2nc3ccccc3s2)cc1. The van der Waals surface area contributed by atoms with Crippen molar-refractivity contribution in [1.29, 1.82) is 0 Å². The number of anilines is 1. The number of sulfone groups is 1.